The summed E-state index contributed by atoms with van der Waals surface area (Å²) in [5.41, 5.74) is 7.38. The van der Waals surface area contributed by atoms with Crippen LogP contribution in [0.25, 0.3) is 0 Å². The maximum Gasteiger partial charge on any atom is 0.159 e. The van der Waals surface area contributed by atoms with E-state index < -0.39 is 11.6 Å². The number of nitrogens with two attached hydrogens (primary N) is 1. The summed E-state index contributed by atoms with van der Waals surface area (Å²) < 4.78 is 37.0. The molecule has 0 amide bonds. The third-order valence-electron chi connectivity index (χ3n) is 3.65. The minimum Gasteiger partial charge on any atom is -0.497 e. The molecule has 118 valence electrons. The average molecular weight is 307 g/mol. The Morgan fingerprint density at radius 2 is 1.77 bits per heavy atom. The zero-order valence-corrected chi connectivity index (χ0v) is 12.6. The Labute approximate surface area is 128 Å². The van der Waals surface area contributed by atoms with Crippen LogP contribution in [0.2, 0.25) is 0 Å². The highest BCUT2D eigenvalue weighted by molar-refractivity contribution is 5.41. The average Bonchev–Trinajstić information content (AvgIpc) is 2.55. The summed E-state index contributed by atoms with van der Waals surface area (Å²) in [6.45, 7) is 0.311. The molecule has 22 heavy (non-hydrogen) atoms. The molecule has 2 aromatic rings. The molecular formula is C17H19F2NO2. The maximum atomic E-state index is 13.4. The normalized spacial score (nSPS) is 12.0. The molecule has 0 heterocycles. The van der Waals surface area contributed by atoms with Crippen molar-refractivity contribution in [1.82, 2.24) is 0 Å². The van der Waals surface area contributed by atoms with Crippen molar-refractivity contribution < 1.29 is 18.3 Å². The summed E-state index contributed by atoms with van der Waals surface area (Å²) in [5.74, 6) is -0.457. The van der Waals surface area contributed by atoms with Crippen LogP contribution in [0.1, 0.15) is 17.0 Å². The van der Waals surface area contributed by atoms with Gasteiger partial charge in [-0.25, -0.2) is 8.78 Å². The van der Waals surface area contributed by atoms with E-state index in [-0.39, 0.29) is 5.92 Å². The summed E-state index contributed by atoms with van der Waals surface area (Å²) >= 11 is 0. The number of halogens is 2. The van der Waals surface area contributed by atoms with Crippen molar-refractivity contribution in [2.45, 2.75) is 12.3 Å². The highest BCUT2D eigenvalue weighted by Crippen LogP contribution is 2.29. The number of hydrogen-bond acceptors (Lipinski definition) is 3. The molecule has 0 saturated carbocycles. The summed E-state index contributed by atoms with van der Waals surface area (Å²) in [5, 5.41) is 0. The number of methoxy groups -OCH3 is 2. The van der Waals surface area contributed by atoms with Gasteiger partial charge in [0, 0.05) is 5.92 Å². The lowest BCUT2D eigenvalue weighted by molar-refractivity contribution is 0.397. The van der Waals surface area contributed by atoms with Crippen LogP contribution in [0.3, 0.4) is 0 Å². The van der Waals surface area contributed by atoms with Crippen LogP contribution in [0.15, 0.2) is 36.4 Å². The molecule has 0 aliphatic rings. The zero-order valence-electron chi connectivity index (χ0n) is 12.6. The van der Waals surface area contributed by atoms with Crippen molar-refractivity contribution in [3.8, 4) is 11.5 Å². The predicted molar refractivity (Wildman–Crippen MR) is 81.4 cm³/mol. The first-order chi connectivity index (χ1) is 10.6. The van der Waals surface area contributed by atoms with Gasteiger partial charge >= 0.3 is 0 Å². The Balaban J connectivity index is 2.31. The second-order valence-electron chi connectivity index (χ2n) is 4.99. The molecule has 5 heteroatoms. The molecule has 2 aromatic carbocycles. The van der Waals surface area contributed by atoms with Crippen molar-refractivity contribution in [2.75, 3.05) is 20.8 Å². The fraction of sp³-hybridized carbons (Fsp3) is 0.294. The number of rotatable bonds is 6. The number of benzene rings is 2. The number of hydrogen-bond donors (Lipinski definition) is 1. The van der Waals surface area contributed by atoms with E-state index in [1.807, 2.05) is 12.1 Å². The smallest absolute Gasteiger partial charge is 0.159 e. The highest BCUT2D eigenvalue weighted by atomic mass is 19.2. The van der Waals surface area contributed by atoms with Gasteiger partial charge in [0.15, 0.2) is 11.6 Å². The third kappa shape index (κ3) is 3.54. The maximum absolute atomic E-state index is 13.4. The van der Waals surface area contributed by atoms with Crippen LogP contribution < -0.4 is 15.2 Å². The SMILES string of the molecule is COc1ccc(OC)c(CC(CN)c2ccc(F)c(F)c2)c1. The first kappa shape index (κ1) is 16.2. The van der Waals surface area contributed by atoms with Crippen molar-refractivity contribution in [1.29, 1.82) is 0 Å². The minimum atomic E-state index is -0.867. The standard InChI is InChI=1S/C17H19F2NO2/c1-21-14-4-6-17(22-2)12(8-14)7-13(10-20)11-3-5-15(18)16(19)9-11/h3-6,8-9,13H,7,10,20H2,1-2H3. The number of ether oxygens (including phenoxy) is 2. The third-order valence-corrected chi connectivity index (χ3v) is 3.65. The van der Waals surface area contributed by atoms with E-state index in [0.717, 1.165) is 11.6 Å². The van der Waals surface area contributed by atoms with Crippen molar-refractivity contribution in [3.05, 3.63) is 59.2 Å². The summed E-state index contributed by atoms with van der Waals surface area (Å²) in [7, 11) is 3.17. The van der Waals surface area contributed by atoms with Crippen molar-refractivity contribution in [3.63, 3.8) is 0 Å². The van der Waals surface area contributed by atoms with Crippen LogP contribution in [-0.4, -0.2) is 20.8 Å². The highest BCUT2D eigenvalue weighted by Gasteiger charge is 2.16. The molecule has 0 bridgehead atoms. The molecule has 0 radical (unpaired) electrons. The molecule has 1 atom stereocenters. The van der Waals surface area contributed by atoms with Crippen LogP contribution in [0.4, 0.5) is 8.78 Å². The Hall–Kier alpha value is -2.14. The monoisotopic (exact) mass is 307 g/mol. The van der Waals surface area contributed by atoms with Gasteiger partial charge in [-0.2, -0.15) is 0 Å². The van der Waals surface area contributed by atoms with Gasteiger partial charge in [-0.1, -0.05) is 6.07 Å². The fourth-order valence-electron chi connectivity index (χ4n) is 2.41. The van der Waals surface area contributed by atoms with E-state index in [2.05, 4.69) is 0 Å². The van der Waals surface area contributed by atoms with Gasteiger partial charge in [0.1, 0.15) is 11.5 Å². The predicted octanol–water partition coefficient (Wildman–Crippen LogP) is 3.27. The van der Waals surface area contributed by atoms with E-state index in [1.165, 1.54) is 6.07 Å². The molecular weight excluding hydrogens is 288 g/mol. The molecule has 0 fully saturated rings. The van der Waals surface area contributed by atoms with Gasteiger partial charge in [0.2, 0.25) is 0 Å². The fourth-order valence-corrected chi connectivity index (χ4v) is 2.41. The Kier molecular flexibility index (Phi) is 5.33. The van der Waals surface area contributed by atoms with Gasteiger partial charge in [-0.05, 0) is 54.4 Å². The van der Waals surface area contributed by atoms with Gasteiger partial charge in [-0.15, -0.1) is 0 Å². The summed E-state index contributed by atoms with van der Waals surface area (Å²) in [6.07, 6.45) is 0.544. The van der Waals surface area contributed by atoms with Crippen LogP contribution >= 0.6 is 0 Å². The lowest BCUT2D eigenvalue weighted by Gasteiger charge is -2.18. The van der Waals surface area contributed by atoms with Crippen LogP contribution in [-0.2, 0) is 6.42 Å². The molecule has 3 nitrogen and oxygen atoms in total. The minimum absolute atomic E-state index is 0.142. The molecule has 0 aliphatic carbocycles. The molecule has 0 aromatic heterocycles. The molecule has 0 saturated heterocycles. The molecule has 2 N–H and O–H groups in total. The topological polar surface area (TPSA) is 44.5 Å². The van der Waals surface area contributed by atoms with Gasteiger partial charge < -0.3 is 15.2 Å². The lowest BCUT2D eigenvalue weighted by atomic mass is 9.91. The Morgan fingerprint density at radius 1 is 1.00 bits per heavy atom. The molecule has 2 rings (SSSR count). The van der Waals surface area contributed by atoms with Crippen molar-refractivity contribution in [2.24, 2.45) is 5.73 Å². The second-order valence-corrected chi connectivity index (χ2v) is 4.99. The largest absolute Gasteiger partial charge is 0.497 e. The van der Waals surface area contributed by atoms with E-state index >= 15 is 0 Å². The lowest BCUT2D eigenvalue weighted by Crippen LogP contribution is -2.16. The van der Waals surface area contributed by atoms with E-state index in [9.17, 15) is 8.78 Å². The Morgan fingerprint density at radius 3 is 2.36 bits per heavy atom. The molecule has 0 aliphatic heterocycles. The van der Waals surface area contributed by atoms with E-state index in [0.29, 0.717) is 30.0 Å². The quantitative estimate of drug-likeness (QED) is 0.891. The van der Waals surface area contributed by atoms with E-state index in [4.69, 9.17) is 15.2 Å². The molecule has 0 spiro atoms. The Bertz CT molecular complexity index is 647. The zero-order chi connectivity index (χ0) is 16.1. The van der Waals surface area contributed by atoms with Crippen LogP contribution in [0.5, 0.6) is 11.5 Å². The van der Waals surface area contributed by atoms with Gasteiger partial charge in [0.05, 0.1) is 14.2 Å². The van der Waals surface area contributed by atoms with Crippen molar-refractivity contribution >= 4 is 0 Å². The van der Waals surface area contributed by atoms with Crippen LogP contribution in [0, 0.1) is 11.6 Å². The summed E-state index contributed by atoms with van der Waals surface area (Å²) in [6, 6.07) is 9.35. The van der Waals surface area contributed by atoms with Gasteiger partial charge in [0.25, 0.3) is 0 Å². The first-order valence-corrected chi connectivity index (χ1v) is 6.95. The van der Waals surface area contributed by atoms with Gasteiger partial charge in [-0.3, -0.25) is 0 Å². The first-order valence-electron chi connectivity index (χ1n) is 6.95. The van der Waals surface area contributed by atoms with E-state index in [1.54, 1.807) is 26.4 Å². The molecule has 1 unspecified atom stereocenters. The second kappa shape index (κ2) is 7.22. The summed E-state index contributed by atoms with van der Waals surface area (Å²) in [4.78, 5) is 0.